The van der Waals surface area contributed by atoms with Crippen LogP contribution >= 0.6 is 0 Å². The first-order valence-electron chi connectivity index (χ1n) is 10.3. The molecule has 0 aromatic carbocycles. The summed E-state index contributed by atoms with van der Waals surface area (Å²) in [6.07, 6.45) is 6.91. The molecule has 1 atom stereocenters. The van der Waals surface area contributed by atoms with E-state index in [9.17, 15) is 13.2 Å². The van der Waals surface area contributed by atoms with Crippen molar-refractivity contribution in [3.05, 3.63) is 48.4 Å². The minimum Gasteiger partial charge on any atom is -0.325 e. The second-order valence-corrected chi connectivity index (χ2v) is 9.59. The molecule has 4 rings (SSSR count). The van der Waals surface area contributed by atoms with Crippen LogP contribution in [0.25, 0.3) is 16.8 Å². The second-order valence-electron chi connectivity index (χ2n) is 7.76. The highest BCUT2D eigenvalue weighted by Gasteiger charge is 2.18. The van der Waals surface area contributed by atoms with Crippen molar-refractivity contribution in [3.8, 4) is 11.3 Å². The van der Waals surface area contributed by atoms with E-state index < -0.39 is 10.0 Å². The highest BCUT2D eigenvalue weighted by Crippen LogP contribution is 2.27. The van der Waals surface area contributed by atoms with Crippen LogP contribution in [0.4, 0.5) is 5.69 Å². The van der Waals surface area contributed by atoms with Gasteiger partial charge in [-0.2, -0.15) is 5.10 Å². The van der Waals surface area contributed by atoms with E-state index in [0.717, 1.165) is 54.7 Å². The molecule has 9 nitrogen and oxygen atoms in total. The topological polar surface area (TPSA) is 117 Å². The van der Waals surface area contributed by atoms with Gasteiger partial charge in [0.25, 0.3) is 0 Å². The van der Waals surface area contributed by atoms with Crippen molar-refractivity contribution in [3.63, 3.8) is 0 Å². The number of rotatable bonds is 7. The Hall–Kier alpha value is -2.82. The molecule has 1 aliphatic heterocycles. The molecule has 0 aliphatic carbocycles. The Kier molecular flexibility index (Phi) is 6.30. The van der Waals surface area contributed by atoms with E-state index in [1.165, 1.54) is 0 Å². The number of anilines is 1. The van der Waals surface area contributed by atoms with Gasteiger partial charge in [0.05, 0.1) is 35.5 Å². The standard InChI is InChI=1S/C21H26N6O3S/c1-31(29,30)24-11-9-21(28)25-16-7-8-20-17(13-23-27(20)14-16)19-6-2-5-18(26-19)15-4-3-10-22-12-15/h2,5-8,13-15,22,24H,3-4,9-12H2,1H3,(H,25,28). The van der Waals surface area contributed by atoms with Gasteiger partial charge in [0.1, 0.15) is 0 Å². The molecular weight excluding hydrogens is 416 g/mol. The quantitative estimate of drug-likeness (QED) is 0.513. The van der Waals surface area contributed by atoms with E-state index in [2.05, 4.69) is 26.5 Å². The van der Waals surface area contributed by atoms with Crippen LogP contribution in [0, 0.1) is 0 Å². The molecule has 0 bridgehead atoms. The molecular formula is C21H26N6O3S. The van der Waals surface area contributed by atoms with Crippen LogP contribution in [-0.4, -0.2) is 54.8 Å². The number of nitrogens with zero attached hydrogens (tertiary/aromatic N) is 3. The summed E-state index contributed by atoms with van der Waals surface area (Å²) in [6.45, 7) is 2.07. The SMILES string of the molecule is CS(=O)(=O)NCCC(=O)Nc1ccc2c(-c3cccc(C4CCCNC4)n3)cnn2c1. The molecule has 1 amide bonds. The van der Waals surface area contributed by atoms with Crippen molar-refractivity contribution in [2.24, 2.45) is 0 Å². The Morgan fingerprint density at radius 2 is 2.16 bits per heavy atom. The lowest BCUT2D eigenvalue weighted by Gasteiger charge is -2.22. The number of pyridine rings is 2. The van der Waals surface area contributed by atoms with Gasteiger partial charge in [0, 0.05) is 36.7 Å². The number of aromatic nitrogens is 3. The minimum atomic E-state index is -3.31. The molecule has 1 aliphatic rings. The number of carbonyl (C=O) groups excluding carboxylic acids is 1. The van der Waals surface area contributed by atoms with Crippen molar-refractivity contribution in [1.29, 1.82) is 0 Å². The largest absolute Gasteiger partial charge is 0.325 e. The van der Waals surface area contributed by atoms with Crippen LogP contribution in [0.15, 0.2) is 42.7 Å². The van der Waals surface area contributed by atoms with Crippen molar-refractivity contribution in [2.75, 3.05) is 31.2 Å². The number of nitrogens with one attached hydrogen (secondary N) is 3. The Bertz CT molecular complexity index is 1180. The van der Waals surface area contributed by atoms with Gasteiger partial charge in [-0.3, -0.25) is 9.78 Å². The van der Waals surface area contributed by atoms with Gasteiger partial charge in [-0.05, 0) is 43.7 Å². The van der Waals surface area contributed by atoms with Crippen LogP contribution in [0.3, 0.4) is 0 Å². The summed E-state index contributed by atoms with van der Waals surface area (Å²) in [4.78, 5) is 17.0. The van der Waals surface area contributed by atoms with Gasteiger partial charge in [-0.1, -0.05) is 6.07 Å². The van der Waals surface area contributed by atoms with E-state index in [0.29, 0.717) is 11.6 Å². The van der Waals surface area contributed by atoms with E-state index in [1.54, 1.807) is 23.0 Å². The average Bonchev–Trinajstić information content (AvgIpc) is 3.17. The lowest BCUT2D eigenvalue weighted by atomic mass is 9.95. The van der Waals surface area contributed by atoms with E-state index in [-0.39, 0.29) is 18.9 Å². The fourth-order valence-corrected chi connectivity index (χ4v) is 4.23. The first kappa shape index (κ1) is 21.4. The second kappa shape index (κ2) is 9.13. The fourth-order valence-electron chi connectivity index (χ4n) is 3.76. The Balaban J connectivity index is 1.48. The molecule has 164 valence electrons. The molecule has 3 aromatic rings. The first-order valence-corrected chi connectivity index (χ1v) is 12.2. The highest BCUT2D eigenvalue weighted by molar-refractivity contribution is 7.88. The Morgan fingerprint density at radius 1 is 1.29 bits per heavy atom. The predicted molar refractivity (Wildman–Crippen MR) is 119 cm³/mol. The van der Waals surface area contributed by atoms with Crippen LogP contribution < -0.4 is 15.4 Å². The number of hydrogen-bond donors (Lipinski definition) is 3. The van der Waals surface area contributed by atoms with Crippen LogP contribution in [0.2, 0.25) is 0 Å². The molecule has 0 radical (unpaired) electrons. The number of piperidine rings is 1. The third kappa shape index (κ3) is 5.46. The number of amides is 1. The van der Waals surface area contributed by atoms with Gasteiger partial charge < -0.3 is 10.6 Å². The van der Waals surface area contributed by atoms with Gasteiger partial charge in [-0.25, -0.2) is 17.7 Å². The monoisotopic (exact) mass is 442 g/mol. The summed E-state index contributed by atoms with van der Waals surface area (Å²) in [5.41, 5.74) is 4.38. The third-order valence-corrected chi connectivity index (χ3v) is 6.01. The zero-order valence-corrected chi connectivity index (χ0v) is 18.2. The number of fused-ring (bicyclic) bond motifs is 1. The van der Waals surface area contributed by atoms with Gasteiger partial charge >= 0.3 is 0 Å². The van der Waals surface area contributed by atoms with Gasteiger partial charge in [0.15, 0.2) is 0 Å². The fraction of sp³-hybridized carbons (Fsp3) is 0.381. The molecule has 4 heterocycles. The Labute approximate surface area is 181 Å². The Morgan fingerprint density at radius 3 is 2.94 bits per heavy atom. The average molecular weight is 443 g/mol. The maximum Gasteiger partial charge on any atom is 0.225 e. The molecule has 1 saturated heterocycles. The summed E-state index contributed by atoms with van der Waals surface area (Å²) in [5, 5.41) is 10.6. The summed E-state index contributed by atoms with van der Waals surface area (Å²) in [7, 11) is -3.31. The first-order chi connectivity index (χ1) is 14.9. The van der Waals surface area contributed by atoms with E-state index >= 15 is 0 Å². The zero-order valence-electron chi connectivity index (χ0n) is 17.3. The molecule has 0 spiro atoms. The summed E-state index contributed by atoms with van der Waals surface area (Å²) < 4.78 is 26.2. The maximum atomic E-state index is 12.1. The summed E-state index contributed by atoms with van der Waals surface area (Å²) >= 11 is 0. The minimum absolute atomic E-state index is 0.0438. The number of hydrogen-bond acceptors (Lipinski definition) is 6. The molecule has 31 heavy (non-hydrogen) atoms. The predicted octanol–water partition coefficient (Wildman–Crippen LogP) is 1.74. The summed E-state index contributed by atoms with van der Waals surface area (Å²) in [5.74, 6) is 0.146. The normalized spacial score (nSPS) is 17.0. The molecule has 1 fully saturated rings. The number of sulfonamides is 1. The van der Waals surface area contributed by atoms with Crippen molar-refractivity contribution in [1.82, 2.24) is 24.6 Å². The van der Waals surface area contributed by atoms with Crippen LogP contribution in [0.1, 0.15) is 30.9 Å². The molecule has 3 N–H and O–H groups in total. The molecule has 3 aromatic heterocycles. The van der Waals surface area contributed by atoms with Crippen molar-refractivity contribution >= 4 is 27.1 Å². The van der Waals surface area contributed by atoms with E-state index in [1.807, 2.05) is 18.2 Å². The smallest absolute Gasteiger partial charge is 0.225 e. The molecule has 0 saturated carbocycles. The van der Waals surface area contributed by atoms with Crippen molar-refractivity contribution in [2.45, 2.75) is 25.2 Å². The zero-order chi connectivity index (χ0) is 21.8. The molecule has 10 heteroatoms. The third-order valence-electron chi connectivity index (χ3n) is 5.28. The lowest BCUT2D eigenvalue weighted by Crippen LogP contribution is -2.28. The molecule has 1 unspecified atom stereocenters. The van der Waals surface area contributed by atoms with Gasteiger partial charge in [0.2, 0.25) is 15.9 Å². The highest BCUT2D eigenvalue weighted by atomic mass is 32.2. The maximum absolute atomic E-state index is 12.1. The van der Waals surface area contributed by atoms with Crippen LogP contribution in [0.5, 0.6) is 0 Å². The van der Waals surface area contributed by atoms with Gasteiger partial charge in [-0.15, -0.1) is 0 Å². The van der Waals surface area contributed by atoms with Crippen LogP contribution in [-0.2, 0) is 14.8 Å². The number of carbonyl (C=O) groups is 1. The van der Waals surface area contributed by atoms with Crippen molar-refractivity contribution < 1.29 is 13.2 Å². The summed E-state index contributed by atoms with van der Waals surface area (Å²) in [6, 6.07) is 9.80. The lowest BCUT2D eigenvalue weighted by molar-refractivity contribution is -0.116. The van der Waals surface area contributed by atoms with E-state index in [4.69, 9.17) is 4.98 Å².